The lowest BCUT2D eigenvalue weighted by atomic mass is 10.0. The van der Waals surface area contributed by atoms with Crippen molar-refractivity contribution >= 4 is 23.2 Å². The Morgan fingerprint density at radius 1 is 1.09 bits per heavy atom. The van der Waals surface area contributed by atoms with Crippen molar-refractivity contribution in [1.29, 1.82) is 0 Å². The van der Waals surface area contributed by atoms with Gasteiger partial charge in [-0.15, -0.1) is 0 Å². The van der Waals surface area contributed by atoms with Crippen LogP contribution < -0.4 is 10.2 Å². The summed E-state index contributed by atoms with van der Waals surface area (Å²) in [5, 5.41) is 2.83. The second kappa shape index (κ2) is 12.2. The first-order valence-corrected chi connectivity index (χ1v) is 11.0. The highest BCUT2D eigenvalue weighted by molar-refractivity contribution is 6.04. The summed E-state index contributed by atoms with van der Waals surface area (Å²) >= 11 is 0. The van der Waals surface area contributed by atoms with Crippen LogP contribution in [0.4, 0.5) is 15.8 Å². The summed E-state index contributed by atoms with van der Waals surface area (Å²) in [6.07, 6.45) is 1.56. The van der Waals surface area contributed by atoms with Crippen molar-refractivity contribution in [1.82, 2.24) is 4.90 Å². The smallest absolute Gasteiger partial charge is 0.255 e. The molecule has 6 nitrogen and oxygen atoms in total. The van der Waals surface area contributed by atoms with Gasteiger partial charge in [-0.2, -0.15) is 0 Å². The summed E-state index contributed by atoms with van der Waals surface area (Å²) in [6.45, 7) is 5.37. The zero-order valence-corrected chi connectivity index (χ0v) is 19.7. The maximum absolute atomic E-state index is 13.5. The number of ether oxygens (including phenoxy) is 1. The number of hydrogen-bond donors (Lipinski definition) is 1. The summed E-state index contributed by atoms with van der Waals surface area (Å²) < 4.78 is 18.7. The van der Waals surface area contributed by atoms with Crippen molar-refractivity contribution < 1.29 is 18.7 Å². The fourth-order valence-corrected chi connectivity index (χ4v) is 3.63. The molecule has 0 aromatic heterocycles. The average molecular weight is 444 g/mol. The fourth-order valence-electron chi connectivity index (χ4n) is 3.63. The van der Waals surface area contributed by atoms with Crippen molar-refractivity contribution in [3.05, 3.63) is 59.4 Å². The molecule has 0 bridgehead atoms. The number of carbonyl (C=O) groups is 2. The maximum Gasteiger partial charge on any atom is 0.255 e. The van der Waals surface area contributed by atoms with E-state index in [0.29, 0.717) is 25.4 Å². The molecule has 174 valence electrons. The third-order valence-corrected chi connectivity index (χ3v) is 5.48. The van der Waals surface area contributed by atoms with Crippen molar-refractivity contribution in [3.63, 3.8) is 0 Å². The van der Waals surface area contributed by atoms with Gasteiger partial charge in [-0.05, 0) is 54.8 Å². The molecule has 0 atom stereocenters. The molecule has 0 aliphatic carbocycles. The quantitative estimate of drug-likeness (QED) is 0.553. The molecule has 2 amide bonds. The van der Waals surface area contributed by atoms with E-state index in [1.54, 1.807) is 19.2 Å². The minimum atomic E-state index is -0.463. The van der Waals surface area contributed by atoms with Gasteiger partial charge < -0.3 is 19.9 Å². The predicted octanol–water partition coefficient (Wildman–Crippen LogP) is 4.56. The summed E-state index contributed by atoms with van der Waals surface area (Å²) in [7, 11) is 5.49. The Morgan fingerprint density at radius 2 is 1.81 bits per heavy atom. The van der Waals surface area contributed by atoms with Crippen LogP contribution in [-0.2, 0) is 16.1 Å². The Balaban J connectivity index is 2.32. The van der Waals surface area contributed by atoms with E-state index >= 15 is 0 Å². The number of nitrogens with one attached hydrogen (secondary N) is 1. The average Bonchev–Trinajstić information content (AvgIpc) is 2.77. The first-order chi connectivity index (χ1) is 15.3. The third-order valence-electron chi connectivity index (χ3n) is 5.48. The number of hydrogen-bond acceptors (Lipinski definition) is 4. The molecule has 2 rings (SSSR count). The first kappa shape index (κ1) is 25.3. The van der Waals surface area contributed by atoms with Gasteiger partial charge >= 0.3 is 0 Å². The summed E-state index contributed by atoms with van der Waals surface area (Å²) in [4.78, 5) is 29.5. The van der Waals surface area contributed by atoms with Crippen LogP contribution in [0.5, 0.6) is 0 Å². The standard InChI is InChI=1S/C25H34FN3O3/c1-6-18(7-2)25(31)29(13-14-32-5)17-20-16-22(11-12-23(20)28(3)4)27-24(30)19-9-8-10-21(26)15-19/h8-12,15-16,18H,6-7,13-14,17H2,1-5H3,(H,27,30). The molecule has 0 radical (unpaired) electrons. The molecule has 0 fully saturated rings. The SMILES string of the molecule is CCC(CC)C(=O)N(CCOC)Cc1cc(NC(=O)c2cccc(F)c2)ccc1N(C)C. The highest BCUT2D eigenvalue weighted by Crippen LogP contribution is 2.26. The van der Waals surface area contributed by atoms with E-state index in [1.807, 2.05) is 49.9 Å². The Kier molecular flexibility index (Phi) is 9.65. The van der Waals surface area contributed by atoms with Crippen molar-refractivity contribution in [2.75, 3.05) is 44.6 Å². The van der Waals surface area contributed by atoms with Crippen molar-refractivity contribution in [2.24, 2.45) is 5.92 Å². The number of nitrogens with zero attached hydrogens (tertiary/aromatic N) is 2. The second-order valence-corrected chi connectivity index (χ2v) is 7.97. The van der Waals surface area contributed by atoms with Crippen molar-refractivity contribution in [2.45, 2.75) is 33.2 Å². The van der Waals surface area contributed by atoms with Crippen LogP contribution in [0, 0.1) is 11.7 Å². The number of methoxy groups -OCH3 is 1. The number of anilines is 2. The van der Waals surface area contributed by atoms with E-state index in [2.05, 4.69) is 5.32 Å². The van der Waals surface area contributed by atoms with Gasteiger partial charge in [-0.1, -0.05) is 19.9 Å². The molecule has 0 unspecified atom stereocenters. The van der Waals surface area contributed by atoms with Gasteiger partial charge in [0.1, 0.15) is 5.82 Å². The number of benzene rings is 2. The topological polar surface area (TPSA) is 61.9 Å². The second-order valence-electron chi connectivity index (χ2n) is 7.97. The Morgan fingerprint density at radius 3 is 2.41 bits per heavy atom. The lowest BCUT2D eigenvalue weighted by Gasteiger charge is -2.28. The lowest BCUT2D eigenvalue weighted by Crippen LogP contribution is -2.38. The van der Waals surface area contributed by atoms with E-state index < -0.39 is 11.7 Å². The van der Waals surface area contributed by atoms with Crippen LogP contribution in [0.3, 0.4) is 0 Å². The van der Waals surface area contributed by atoms with Gasteiger partial charge in [0, 0.05) is 57.2 Å². The van der Waals surface area contributed by atoms with Crippen molar-refractivity contribution in [3.8, 4) is 0 Å². The van der Waals surface area contributed by atoms with Crippen LogP contribution >= 0.6 is 0 Å². The summed E-state index contributed by atoms with van der Waals surface area (Å²) in [5.74, 6) is -0.788. The Bertz CT molecular complexity index is 913. The monoisotopic (exact) mass is 443 g/mol. The fraction of sp³-hybridized carbons (Fsp3) is 0.440. The lowest BCUT2D eigenvalue weighted by molar-refractivity contribution is -0.137. The molecule has 32 heavy (non-hydrogen) atoms. The van der Waals surface area contributed by atoms with Gasteiger partial charge in [0.05, 0.1) is 6.61 Å². The first-order valence-electron chi connectivity index (χ1n) is 11.0. The molecule has 0 saturated heterocycles. The van der Waals surface area contributed by atoms with Crippen LogP contribution in [0.15, 0.2) is 42.5 Å². The molecule has 7 heteroatoms. The molecule has 1 N–H and O–H groups in total. The summed E-state index contributed by atoms with van der Waals surface area (Å²) in [5.41, 5.74) is 2.69. The minimum Gasteiger partial charge on any atom is -0.383 e. The third kappa shape index (κ3) is 6.79. The number of halogens is 1. The van der Waals surface area contributed by atoms with E-state index in [1.165, 1.54) is 18.2 Å². The Labute approximate surface area is 190 Å². The highest BCUT2D eigenvalue weighted by Gasteiger charge is 2.23. The highest BCUT2D eigenvalue weighted by atomic mass is 19.1. The van der Waals surface area contributed by atoms with Gasteiger partial charge in [0.15, 0.2) is 0 Å². The minimum absolute atomic E-state index is 0.0366. The molecule has 0 heterocycles. The van der Waals surface area contributed by atoms with Gasteiger partial charge in [-0.25, -0.2) is 4.39 Å². The van der Waals surface area contributed by atoms with E-state index in [0.717, 1.165) is 24.1 Å². The largest absolute Gasteiger partial charge is 0.383 e. The number of carbonyl (C=O) groups excluding carboxylic acids is 2. The zero-order valence-electron chi connectivity index (χ0n) is 19.7. The van der Waals surface area contributed by atoms with Crippen LogP contribution in [-0.4, -0.2) is 51.1 Å². The maximum atomic E-state index is 13.5. The number of rotatable bonds is 11. The normalized spacial score (nSPS) is 10.8. The Hall–Kier alpha value is -2.93. The molecular weight excluding hydrogens is 409 g/mol. The summed E-state index contributed by atoms with van der Waals surface area (Å²) in [6, 6.07) is 11.1. The van der Waals surface area contributed by atoms with E-state index in [9.17, 15) is 14.0 Å². The number of amides is 2. The predicted molar refractivity (Wildman–Crippen MR) is 126 cm³/mol. The molecular formula is C25H34FN3O3. The van der Waals surface area contributed by atoms with Gasteiger partial charge in [-0.3, -0.25) is 9.59 Å². The zero-order chi connectivity index (χ0) is 23.7. The molecule has 0 saturated carbocycles. The molecule has 2 aromatic carbocycles. The van der Waals surface area contributed by atoms with Gasteiger partial charge in [0.25, 0.3) is 5.91 Å². The molecule has 0 spiro atoms. The molecule has 0 aliphatic heterocycles. The molecule has 2 aromatic rings. The van der Waals surface area contributed by atoms with Crippen LogP contribution in [0.25, 0.3) is 0 Å². The van der Waals surface area contributed by atoms with Gasteiger partial charge in [0.2, 0.25) is 5.91 Å². The van der Waals surface area contributed by atoms with Crippen LogP contribution in [0.2, 0.25) is 0 Å². The van der Waals surface area contributed by atoms with E-state index in [-0.39, 0.29) is 17.4 Å². The molecule has 0 aliphatic rings. The van der Waals surface area contributed by atoms with E-state index in [4.69, 9.17) is 4.74 Å². The van der Waals surface area contributed by atoms with Crippen LogP contribution in [0.1, 0.15) is 42.6 Å².